The topological polar surface area (TPSA) is 50.3 Å². The Morgan fingerprint density at radius 3 is 2.50 bits per heavy atom. The first-order chi connectivity index (χ1) is 10.8. The first-order valence-electron chi connectivity index (χ1n) is 7.76. The lowest BCUT2D eigenvalue weighted by Gasteiger charge is -2.22. The molecule has 0 saturated heterocycles. The highest BCUT2D eigenvalue weighted by atomic mass is 16.5. The summed E-state index contributed by atoms with van der Waals surface area (Å²) in [6, 6.07) is 9.71. The maximum Gasteiger partial charge on any atom is 0.229 e. The van der Waals surface area contributed by atoms with E-state index in [1.807, 2.05) is 30.3 Å². The summed E-state index contributed by atoms with van der Waals surface area (Å²) in [5.41, 5.74) is 0.861. The first kappa shape index (κ1) is 16.1. The van der Waals surface area contributed by atoms with Gasteiger partial charge in [-0.05, 0) is 31.0 Å². The molecule has 5 nitrogen and oxygen atoms in total. The number of ether oxygens (including phenoxy) is 1. The summed E-state index contributed by atoms with van der Waals surface area (Å²) in [7, 11) is 1.65. The van der Waals surface area contributed by atoms with E-state index in [1.165, 1.54) is 0 Å². The molecule has 0 atom stereocenters. The van der Waals surface area contributed by atoms with Crippen molar-refractivity contribution in [3.63, 3.8) is 0 Å². The maximum absolute atomic E-state index is 5.34. The van der Waals surface area contributed by atoms with Gasteiger partial charge in [-0.15, -0.1) is 0 Å². The van der Waals surface area contributed by atoms with Crippen molar-refractivity contribution in [1.82, 2.24) is 9.97 Å². The van der Waals surface area contributed by atoms with Crippen LogP contribution in [0.1, 0.15) is 26.7 Å². The second-order valence-corrected chi connectivity index (χ2v) is 5.05. The van der Waals surface area contributed by atoms with Gasteiger partial charge in [0.1, 0.15) is 11.6 Å². The molecule has 0 aliphatic rings. The fourth-order valence-corrected chi connectivity index (χ4v) is 2.33. The van der Waals surface area contributed by atoms with Crippen LogP contribution >= 0.6 is 0 Å². The van der Waals surface area contributed by atoms with Gasteiger partial charge in [0.05, 0.1) is 12.8 Å². The zero-order valence-electron chi connectivity index (χ0n) is 13.5. The Balaban J connectivity index is 2.20. The van der Waals surface area contributed by atoms with Crippen LogP contribution in [0.25, 0.3) is 0 Å². The molecular weight excluding hydrogens is 276 g/mol. The monoisotopic (exact) mass is 300 g/mol. The van der Waals surface area contributed by atoms with Crippen molar-refractivity contribution >= 4 is 17.5 Å². The lowest BCUT2D eigenvalue weighted by molar-refractivity contribution is 0.417. The minimum absolute atomic E-state index is 0.583. The quantitative estimate of drug-likeness (QED) is 0.802. The Morgan fingerprint density at radius 1 is 1.09 bits per heavy atom. The number of rotatable bonds is 8. The number of anilines is 3. The number of para-hydroxylation sites is 2. The maximum atomic E-state index is 5.34. The summed E-state index contributed by atoms with van der Waals surface area (Å²) in [5.74, 6) is 2.31. The van der Waals surface area contributed by atoms with Crippen LogP contribution in [0.4, 0.5) is 17.5 Å². The number of methoxy groups -OCH3 is 1. The van der Waals surface area contributed by atoms with Crippen LogP contribution in [-0.4, -0.2) is 30.2 Å². The number of benzene rings is 1. The summed E-state index contributed by atoms with van der Waals surface area (Å²) in [5, 5.41) is 3.23. The fourth-order valence-electron chi connectivity index (χ4n) is 2.33. The Hall–Kier alpha value is -2.30. The lowest BCUT2D eigenvalue weighted by Crippen LogP contribution is -2.26. The molecule has 0 saturated carbocycles. The van der Waals surface area contributed by atoms with Gasteiger partial charge in [-0.1, -0.05) is 26.0 Å². The Bertz CT molecular complexity index is 582. The van der Waals surface area contributed by atoms with Gasteiger partial charge in [-0.3, -0.25) is 0 Å². The predicted molar refractivity (Wildman–Crippen MR) is 91.1 cm³/mol. The molecule has 1 N–H and O–H groups in total. The van der Waals surface area contributed by atoms with Gasteiger partial charge in [0, 0.05) is 19.3 Å². The number of aromatic nitrogens is 2. The standard InChI is InChI=1S/C17H24N4O/c1-4-12-21(13-5-2)16-10-11-18-17(20-16)19-14-8-6-7-9-15(14)22-3/h6-11H,4-5,12-13H2,1-3H3,(H,18,19,20). The van der Waals surface area contributed by atoms with E-state index in [9.17, 15) is 0 Å². The molecule has 5 heteroatoms. The van der Waals surface area contributed by atoms with E-state index in [1.54, 1.807) is 13.3 Å². The second kappa shape index (κ2) is 8.22. The van der Waals surface area contributed by atoms with Gasteiger partial charge in [0.25, 0.3) is 0 Å². The van der Waals surface area contributed by atoms with Gasteiger partial charge >= 0.3 is 0 Å². The Kier molecular flexibility index (Phi) is 6.01. The number of hydrogen-bond donors (Lipinski definition) is 1. The van der Waals surface area contributed by atoms with Gasteiger partial charge in [0.2, 0.25) is 5.95 Å². The summed E-state index contributed by atoms with van der Waals surface area (Å²) in [6.45, 7) is 6.35. The van der Waals surface area contributed by atoms with Crippen molar-refractivity contribution in [2.45, 2.75) is 26.7 Å². The van der Waals surface area contributed by atoms with Crippen LogP contribution in [0.2, 0.25) is 0 Å². The highest BCUT2D eigenvalue weighted by molar-refractivity contribution is 5.63. The molecule has 1 aromatic heterocycles. The van der Waals surface area contributed by atoms with Crippen molar-refractivity contribution < 1.29 is 4.74 Å². The van der Waals surface area contributed by atoms with E-state index in [0.29, 0.717) is 5.95 Å². The largest absolute Gasteiger partial charge is 0.495 e. The van der Waals surface area contributed by atoms with Gasteiger partial charge in [0.15, 0.2) is 0 Å². The Labute approximate surface area is 132 Å². The van der Waals surface area contributed by atoms with E-state index >= 15 is 0 Å². The fraction of sp³-hybridized carbons (Fsp3) is 0.412. The van der Waals surface area contributed by atoms with Gasteiger partial charge in [-0.2, -0.15) is 4.98 Å². The molecule has 0 aliphatic heterocycles. The minimum Gasteiger partial charge on any atom is -0.495 e. The third-order valence-electron chi connectivity index (χ3n) is 3.31. The predicted octanol–water partition coefficient (Wildman–Crippen LogP) is 3.86. The van der Waals surface area contributed by atoms with Crippen LogP contribution in [0.15, 0.2) is 36.5 Å². The van der Waals surface area contributed by atoms with E-state index in [-0.39, 0.29) is 0 Å². The molecule has 118 valence electrons. The average Bonchev–Trinajstić information content (AvgIpc) is 2.55. The number of nitrogens with one attached hydrogen (secondary N) is 1. The molecule has 1 aromatic carbocycles. The van der Waals surface area contributed by atoms with E-state index < -0.39 is 0 Å². The smallest absolute Gasteiger partial charge is 0.229 e. The van der Waals surface area contributed by atoms with E-state index in [2.05, 4.69) is 34.0 Å². The van der Waals surface area contributed by atoms with Crippen molar-refractivity contribution in [2.24, 2.45) is 0 Å². The molecule has 2 aromatic rings. The minimum atomic E-state index is 0.583. The number of nitrogens with zero attached hydrogens (tertiary/aromatic N) is 3. The van der Waals surface area contributed by atoms with Crippen LogP contribution in [0, 0.1) is 0 Å². The summed E-state index contributed by atoms with van der Waals surface area (Å²) >= 11 is 0. The highest BCUT2D eigenvalue weighted by Gasteiger charge is 2.09. The summed E-state index contributed by atoms with van der Waals surface area (Å²) in [6.07, 6.45) is 3.98. The van der Waals surface area contributed by atoms with Crippen molar-refractivity contribution in [3.05, 3.63) is 36.5 Å². The van der Waals surface area contributed by atoms with Crippen LogP contribution in [0.5, 0.6) is 5.75 Å². The summed E-state index contributed by atoms with van der Waals surface area (Å²) in [4.78, 5) is 11.2. The molecule has 0 amide bonds. The molecule has 22 heavy (non-hydrogen) atoms. The molecule has 1 heterocycles. The Morgan fingerprint density at radius 2 is 1.82 bits per heavy atom. The molecule has 0 unspecified atom stereocenters. The van der Waals surface area contributed by atoms with Crippen molar-refractivity contribution in [3.8, 4) is 5.75 Å². The second-order valence-electron chi connectivity index (χ2n) is 5.05. The highest BCUT2D eigenvalue weighted by Crippen LogP contribution is 2.26. The van der Waals surface area contributed by atoms with Crippen molar-refractivity contribution in [2.75, 3.05) is 30.4 Å². The van der Waals surface area contributed by atoms with Crippen LogP contribution in [0.3, 0.4) is 0 Å². The first-order valence-corrected chi connectivity index (χ1v) is 7.76. The van der Waals surface area contributed by atoms with Crippen LogP contribution in [-0.2, 0) is 0 Å². The number of hydrogen-bond acceptors (Lipinski definition) is 5. The third-order valence-corrected chi connectivity index (χ3v) is 3.31. The SMILES string of the molecule is CCCN(CCC)c1ccnc(Nc2ccccc2OC)n1. The zero-order chi connectivity index (χ0) is 15.8. The average molecular weight is 300 g/mol. The van der Waals surface area contributed by atoms with E-state index in [4.69, 9.17) is 4.74 Å². The summed E-state index contributed by atoms with van der Waals surface area (Å²) < 4.78 is 5.34. The van der Waals surface area contributed by atoms with Gasteiger partial charge < -0.3 is 15.0 Å². The molecule has 0 fully saturated rings. The van der Waals surface area contributed by atoms with Crippen LogP contribution < -0.4 is 15.0 Å². The molecular formula is C17H24N4O. The molecule has 0 radical (unpaired) electrons. The zero-order valence-corrected chi connectivity index (χ0v) is 13.5. The lowest BCUT2D eigenvalue weighted by atomic mass is 10.3. The molecule has 0 spiro atoms. The van der Waals surface area contributed by atoms with E-state index in [0.717, 1.165) is 43.2 Å². The normalized spacial score (nSPS) is 10.3. The molecule has 2 rings (SSSR count). The molecule has 0 bridgehead atoms. The van der Waals surface area contributed by atoms with Gasteiger partial charge in [-0.25, -0.2) is 4.98 Å². The third kappa shape index (κ3) is 4.10. The molecule has 0 aliphatic carbocycles. The van der Waals surface area contributed by atoms with Crippen molar-refractivity contribution in [1.29, 1.82) is 0 Å².